The fourth-order valence-corrected chi connectivity index (χ4v) is 4.59. The van der Waals surface area contributed by atoms with Crippen LogP contribution in [0.1, 0.15) is 33.1 Å². The zero-order chi connectivity index (χ0) is 25.4. The van der Waals surface area contributed by atoms with Gasteiger partial charge in [0, 0.05) is 17.7 Å². The maximum atomic E-state index is 13.4. The lowest BCUT2D eigenvalue weighted by atomic mass is 9.94. The molecule has 1 unspecified atom stereocenters. The molecule has 0 bridgehead atoms. The number of amides is 1. The number of anilines is 1. The van der Waals surface area contributed by atoms with Crippen LogP contribution >= 0.6 is 0 Å². The first-order valence-corrected chi connectivity index (χ1v) is 11.3. The van der Waals surface area contributed by atoms with Crippen molar-refractivity contribution in [3.63, 3.8) is 0 Å². The van der Waals surface area contributed by atoms with Gasteiger partial charge in [-0.15, -0.1) is 0 Å². The second-order valence-corrected chi connectivity index (χ2v) is 8.41. The van der Waals surface area contributed by atoms with E-state index in [9.17, 15) is 19.5 Å². The van der Waals surface area contributed by atoms with E-state index in [1.54, 1.807) is 60.7 Å². The summed E-state index contributed by atoms with van der Waals surface area (Å²) < 4.78 is 15.6. The number of carbonyl (C=O) groups is 3. The average Bonchev–Trinajstić information content (AvgIpc) is 3.49. The molecule has 5 rings (SSSR count). The Hall–Kier alpha value is -4.59. The molecule has 1 atom stereocenters. The van der Waals surface area contributed by atoms with Crippen molar-refractivity contribution in [3.8, 4) is 11.5 Å². The summed E-state index contributed by atoms with van der Waals surface area (Å²) in [6.07, 6.45) is 0.688. The predicted molar refractivity (Wildman–Crippen MR) is 131 cm³/mol. The van der Waals surface area contributed by atoms with Gasteiger partial charge in [-0.25, -0.2) is 4.79 Å². The number of nitrogens with zero attached hydrogens (tertiary/aromatic N) is 1. The van der Waals surface area contributed by atoms with Crippen molar-refractivity contribution in [1.29, 1.82) is 0 Å². The molecule has 8 heteroatoms. The zero-order valence-electron chi connectivity index (χ0n) is 19.7. The van der Waals surface area contributed by atoms with Crippen LogP contribution in [-0.4, -0.2) is 43.6 Å². The molecule has 0 aliphatic carbocycles. The third-order valence-corrected chi connectivity index (χ3v) is 6.38. The van der Waals surface area contributed by atoms with Crippen LogP contribution in [0.15, 0.2) is 72.3 Å². The summed E-state index contributed by atoms with van der Waals surface area (Å²) in [5.41, 5.74) is 2.42. The normalized spacial score (nSPS) is 18.1. The monoisotopic (exact) mass is 485 g/mol. The molecule has 3 aromatic rings. The molecule has 8 nitrogen and oxygen atoms in total. The number of aliphatic hydroxyl groups is 1. The fraction of sp³-hybridized carbons (Fsp3) is 0.179. The molecule has 1 N–H and O–H groups in total. The second-order valence-electron chi connectivity index (χ2n) is 8.41. The average molecular weight is 485 g/mol. The summed E-state index contributed by atoms with van der Waals surface area (Å²) in [6, 6.07) is 17.4. The highest BCUT2D eigenvalue weighted by Crippen LogP contribution is 2.43. The van der Waals surface area contributed by atoms with Crippen molar-refractivity contribution in [1.82, 2.24) is 0 Å². The third-order valence-electron chi connectivity index (χ3n) is 6.38. The summed E-state index contributed by atoms with van der Waals surface area (Å²) in [6.45, 7) is 0.548. The van der Waals surface area contributed by atoms with Crippen LogP contribution in [0.5, 0.6) is 11.5 Å². The van der Waals surface area contributed by atoms with Gasteiger partial charge in [0.15, 0.2) is 0 Å². The Morgan fingerprint density at radius 1 is 1.00 bits per heavy atom. The van der Waals surface area contributed by atoms with Gasteiger partial charge in [0.2, 0.25) is 0 Å². The van der Waals surface area contributed by atoms with Gasteiger partial charge >= 0.3 is 5.97 Å². The van der Waals surface area contributed by atoms with Crippen LogP contribution in [0, 0.1) is 0 Å². The first kappa shape index (κ1) is 23.2. The van der Waals surface area contributed by atoms with E-state index in [0.717, 1.165) is 11.3 Å². The first-order valence-electron chi connectivity index (χ1n) is 11.3. The molecule has 3 aromatic carbocycles. The number of methoxy groups -OCH3 is 2. The second kappa shape index (κ2) is 9.22. The first-order chi connectivity index (χ1) is 17.4. The van der Waals surface area contributed by atoms with Crippen LogP contribution in [0.4, 0.5) is 5.69 Å². The molecule has 1 fully saturated rings. The number of rotatable bonds is 5. The molecule has 0 saturated carbocycles. The van der Waals surface area contributed by atoms with Gasteiger partial charge in [-0.3, -0.25) is 14.5 Å². The molecule has 0 spiro atoms. The van der Waals surface area contributed by atoms with E-state index >= 15 is 0 Å². The van der Waals surface area contributed by atoms with Crippen molar-refractivity contribution in [2.75, 3.05) is 25.7 Å². The summed E-state index contributed by atoms with van der Waals surface area (Å²) in [5.74, 6) is -1.16. The number of ether oxygens (including phenoxy) is 3. The van der Waals surface area contributed by atoms with E-state index in [1.807, 2.05) is 0 Å². The lowest BCUT2D eigenvalue weighted by molar-refractivity contribution is -0.132. The highest BCUT2D eigenvalue weighted by molar-refractivity contribution is 6.51. The summed E-state index contributed by atoms with van der Waals surface area (Å²) >= 11 is 0. The van der Waals surface area contributed by atoms with Gasteiger partial charge < -0.3 is 19.3 Å². The van der Waals surface area contributed by atoms with Crippen molar-refractivity contribution >= 4 is 29.1 Å². The quantitative estimate of drug-likeness (QED) is 0.252. The van der Waals surface area contributed by atoms with E-state index in [0.29, 0.717) is 35.6 Å². The highest BCUT2D eigenvalue weighted by atomic mass is 16.5. The van der Waals surface area contributed by atoms with Crippen molar-refractivity contribution in [2.24, 2.45) is 0 Å². The van der Waals surface area contributed by atoms with Crippen molar-refractivity contribution in [3.05, 3.63) is 94.6 Å². The number of aliphatic hydroxyl groups excluding tert-OH is 1. The molecule has 0 aromatic heterocycles. The summed E-state index contributed by atoms with van der Waals surface area (Å²) in [4.78, 5) is 40.2. The van der Waals surface area contributed by atoms with Crippen molar-refractivity contribution in [2.45, 2.75) is 12.5 Å². The van der Waals surface area contributed by atoms with E-state index in [4.69, 9.17) is 14.2 Å². The molecular formula is C28H23NO7. The van der Waals surface area contributed by atoms with Crippen LogP contribution in [-0.2, 0) is 20.7 Å². The SMILES string of the molecule is COC(=O)c1cccc(N2C(=O)C(=O)/C(=C(\O)c3ccc4c(c3)CCO4)C2c2ccc(OC)cc2)c1. The number of Topliss-reactive ketones (excluding diaryl/α,β-unsaturated/α-hetero) is 1. The van der Waals surface area contributed by atoms with Crippen LogP contribution in [0.3, 0.4) is 0 Å². The van der Waals surface area contributed by atoms with Crippen LogP contribution in [0.25, 0.3) is 5.76 Å². The Kier molecular flexibility index (Phi) is 5.93. The molecule has 0 radical (unpaired) electrons. The maximum Gasteiger partial charge on any atom is 0.337 e. The molecule has 36 heavy (non-hydrogen) atoms. The molecule has 182 valence electrons. The van der Waals surface area contributed by atoms with Gasteiger partial charge in [-0.2, -0.15) is 0 Å². The van der Waals surface area contributed by atoms with E-state index in [1.165, 1.54) is 25.2 Å². The number of benzene rings is 3. The van der Waals surface area contributed by atoms with E-state index in [2.05, 4.69) is 0 Å². The number of ketones is 1. The van der Waals surface area contributed by atoms with Crippen molar-refractivity contribution < 1.29 is 33.7 Å². The molecule has 2 heterocycles. The highest BCUT2D eigenvalue weighted by Gasteiger charge is 2.47. The number of esters is 1. The largest absolute Gasteiger partial charge is 0.507 e. The topological polar surface area (TPSA) is 102 Å². The maximum absolute atomic E-state index is 13.4. The molecule has 1 amide bonds. The molecule has 2 aliphatic heterocycles. The molecule has 2 aliphatic rings. The summed E-state index contributed by atoms with van der Waals surface area (Å²) in [5, 5.41) is 11.4. The van der Waals surface area contributed by atoms with Gasteiger partial charge in [-0.1, -0.05) is 18.2 Å². The minimum absolute atomic E-state index is 0.0486. The Balaban J connectivity index is 1.69. The third kappa shape index (κ3) is 3.86. The lowest BCUT2D eigenvalue weighted by Gasteiger charge is -2.26. The van der Waals surface area contributed by atoms with E-state index in [-0.39, 0.29) is 16.9 Å². The number of fused-ring (bicyclic) bond motifs is 1. The number of hydrogen-bond donors (Lipinski definition) is 1. The van der Waals surface area contributed by atoms with Gasteiger partial charge in [0.05, 0.1) is 38.0 Å². The summed E-state index contributed by atoms with van der Waals surface area (Å²) in [7, 11) is 2.80. The smallest absolute Gasteiger partial charge is 0.337 e. The number of hydrogen-bond acceptors (Lipinski definition) is 7. The number of carbonyl (C=O) groups excluding carboxylic acids is 3. The Morgan fingerprint density at radius 2 is 1.78 bits per heavy atom. The molecule has 1 saturated heterocycles. The van der Waals surface area contributed by atoms with Gasteiger partial charge in [-0.05, 0) is 59.7 Å². The van der Waals surface area contributed by atoms with Gasteiger partial charge in [0.25, 0.3) is 11.7 Å². The van der Waals surface area contributed by atoms with Crippen LogP contribution in [0.2, 0.25) is 0 Å². The van der Waals surface area contributed by atoms with Gasteiger partial charge in [0.1, 0.15) is 17.3 Å². The minimum atomic E-state index is -0.937. The fourth-order valence-electron chi connectivity index (χ4n) is 4.59. The zero-order valence-corrected chi connectivity index (χ0v) is 19.7. The Bertz CT molecular complexity index is 1410. The molecular weight excluding hydrogens is 462 g/mol. The van der Waals surface area contributed by atoms with Crippen LogP contribution < -0.4 is 14.4 Å². The minimum Gasteiger partial charge on any atom is -0.507 e. The predicted octanol–water partition coefficient (Wildman–Crippen LogP) is 4.04. The Morgan fingerprint density at radius 3 is 2.50 bits per heavy atom. The lowest BCUT2D eigenvalue weighted by Crippen LogP contribution is -2.29. The Labute approximate surface area is 207 Å². The van der Waals surface area contributed by atoms with E-state index < -0.39 is 23.7 Å². The standard InChI is InChI=1S/C28H23NO7/c1-34-21-9-6-16(7-10-21)24-23(25(30)18-8-11-22-17(14-18)12-13-36-22)26(31)27(32)29(24)20-5-3-4-19(15-20)28(33)35-2/h3-11,14-15,24,30H,12-13H2,1-2H3/b25-23-.